The summed E-state index contributed by atoms with van der Waals surface area (Å²) in [6, 6.07) is 8.29. The van der Waals surface area contributed by atoms with E-state index in [4.69, 9.17) is 9.47 Å². The van der Waals surface area contributed by atoms with Gasteiger partial charge in [0.05, 0.1) is 25.9 Å². The standard InChI is InChI=1S/C14H23NO2/c1-5-11(2)17-10-14(15-3)12-7-6-8-13(9-12)16-4/h6-9,11,14-15H,5,10H2,1-4H3. The molecular weight excluding hydrogens is 214 g/mol. The molecule has 0 aliphatic rings. The van der Waals surface area contributed by atoms with Gasteiger partial charge in [0, 0.05) is 0 Å². The first kappa shape index (κ1) is 14.0. The fourth-order valence-corrected chi connectivity index (χ4v) is 1.58. The lowest BCUT2D eigenvalue weighted by molar-refractivity contribution is 0.0487. The van der Waals surface area contributed by atoms with Gasteiger partial charge in [0.15, 0.2) is 0 Å². The molecule has 3 heteroatoms. The van der Waals surface area contributed by atoms with Crippen molar-refractivity contribution in [2.24, 2.45) is 0 Å². The first-order valence-electron chi connectivity index (χ1n) is 6.14. The molecule has 1 aromatic rings. The summed E-state index contributed by atoms with van der Waals surface area (Å²) in [5, 5.41) is 3.27. The van der Waals surface area contributed by atoms with Crippen molar-refractivity contribution in [3.63, 3.8) is 0 Å². The van der Waals surface area contributed by atoms with Crippen LogP contribution in [0, 0.1) is 0 Å². The minimum atomic E-state index is 0.207. The number of likely N-dealkylation sites (N-methyl/N-ethyl adjacent to an activating group) is 1. The smallest absolute Gasteiger partial charge is 0.119 e. The third kappa shape index (κ3) is 4.36. The van der Waals surface area contributed by atoms with E-state index in [-0.39, 0.29) is 6.04 Å². The van der Waals surface area contributed by atoms with Crippen LogP contribution >= 0.6 is 0 Å². The summed E-state index contributed by atoms with van der Waals surface area (Å²) in [5.74, 6) is 0.881. The molecule has 0 heterocycles. The topological polar surface area (TPSA) is 30.5 Å². The number of methoxy groups -OCH3 is 1. The third-order valence-corrected chi connectivity index (χ3v) is 2.97. The maximum absolute atomic E-state index is 5.77. The van der Waals surface area contributed by atoms with Gasteiger partial charge in [-0.1, -0.05) is 19.1 Å². The van der Waals surface area contributed by atoms with Crippen molar-refractivity contribution in [1.82, 2.24) is 5.32 Å². The summed E-state index contributed by atoms with van der Waals surface area (Å²) in [6.07, 6.45) is 1.34. The van der Waals surface area contributed by atoms with Gasteiger partial charge in [-0.3, -0.25) is 0 Å². The number of rotatable bonds is 7. The van der Waals surface area contributed by atoms with Crippen molar-refractivity contribution >= 4 is 0 Å². The van der Waals surface area contributed by atoms with E-state index >= 15 is 0 Å². The first-order valence-corrected chi connectivity index (χ1v) is 6.14. The van der Waals surface area contributed by atoms with Gasteiger partial charge in [-0.25, -0.2) is 0 Å². The lowest BCUT2D eigenvalue weighted by atomic mass is 10.1. The normalized spacial score (nSPS) is 14.4. The van der Waals surface area contributed by atoms with Crippen LogP contribution in [0.4, 0.5) is 0 Å². The molecule has 3 nitrogen and oxygen atoms in total. The Hall–Kier alpha value is -1.06. The maximum Gasteiger partial charge on any atom is 0.119 e. The van der Waals surface area contributed by atoms with Crippen LogP contribution in [0.1, 0.15) is 31.9 Å². The highest BCUT2D eigenvalue weighted by molar-refractivity contribution is 5.30. The number of ether oxygens (including phenoxy) is 2. The Morgan fingerprint density at radius 3 is 2.71 bits per heavy atom. The van der Waals surface area contributed by atoms with Crippen LogP contribution in [0.15, 0.2) is 24.3 Å². The molecule has 0 amide bonds. The lowest BCUT2D eigenvalue weighted by Gasteiger charge is -2.20. The monoisotopic (exact) mass is 237 g/mol. The summed E-state index contributed by atoms with van der Waals surface area (Å²) in [7, 11) is 3.63. The molecule has 0 saturated carbocycles. The Bertz CT molecular complexity index is 328. The second kappa shape index (κ2) is 7.30. The molecule has 0 aliphatic heterocycles. The average Bonchev–Trinajstić information content (AvgIpc) is 2.39. The highest BCUT2D eigenvalue weighted by atomic mass is 16.5. The Morgan fingerprint density at radius 2 is 2.12 bits per heavy atom. The molecule has 0 bridgehead atoms. The molecule has 2 unspecified atom stereocenters. The molecule has 1 N–H and O–H groups in total. The number of benzene rings is 1. The number of hydrogen-bond acceptors (Lipinski definition) is 3. The van der Waals surface area contributed by atoms with Gasteiger partial charge >= 0.3 is 0 Å². The molecule has 2 atom stereocenters. The highest BCUT2D eigenvalue weighted by Crippen LogP contribution is 2.19. The van der Waals surface area contributed by atoms with Crippen LogP contribution in [0.2, 0.25) is 0 Å². The molecule has 1 aromatic carbocycles. The van der Waals surface area contributed by atoms with Crippen molar-refractivity contribution < 1.29 is 9.47 Å². The zero-order valence-corrected chi connectivity index (χ0v) is 11.2. The van der Waals surface area contributed by atoms with Crippen LogP contribution in [0.3, 0.4) is 0 Å². The largest absolute Gasteiger partial charge is 0.497 e. The molecule has 0 aromatic heterocycles. The average molecular weight is 237 g/mol. The van der Waals surface area contributed by atoms with E-state index in [2.05, 4.69) is 25.2 Å². The van der Waals surface area contributed by atoms with E-state index in [1.807, 2.05) is 25.2 Å². The van der Waals surface area contributed by atoms with Crippen LogP contribution in [-0.2, 0) is 4.74 Å². The molecular formula is C14H23NO2. The maximum atomic E-state index is 5.77. The summed E-state index contributed by atoms with van der Waals surface area (Å²) in [6.45, 7) is 4.90. The Balaban J connectivity index is 2.65. The number of nitrogens with one attached hydrogen (secondary N) is 1. The molecule has 96 valence electrons. The van der Waals surface area contributed by atoms with E-state index in [1.165, 1.54) is 5.56 Å². The predicted molar refractivity (Wildman–Crippen MR) is 70.5 cm³/mol. The molecule has 1 rings (SSSR count). The van der Waals surface area contributed by atoms with Gasteiger partial charge in [-0.15, -0.1) is 0 Å². The quantitative estimate of drug-likeness (QED) is 0.791. The molecule has 0 saturated heterocycles. The minimum Gasteiger partial charge on any atom is -0.497 e. The van der Waals surface area contributed by atoms with E-state index in [0.29, 0.717) is 12.7 Å². The van der Waals surface area contributed by atoms with Gasteiger partial charge in [-0.2, -0.15) is 0 Å². The van der Waals surface area contributed by atoms with Gasteiger partial charge in [0.2, 0.25) is 0 Å². The Morgan fingerprint density at radius 1 is 1.35 bits per heavy atom. The van der Waals surface area contributed by atoms with Crippen molar-refractivity contribution in [3.05, 3.63) is 29.8 Å². The van der Waals surface area contributed by atoms with E-state index in [1.54, 1.807) is 7.11 Å². The van der Waals surface area contributed by atoms with Crippen molar-refractivity contribution in [1.29, 1.82) is 0 Å². The number of hydrogen-bond donors (Lipinski definition) is 1. The highest BCUT2D eigenvalue weighted by Gasteiger charge is 2.11. The van der Waals surface area contributed by atoms with Gasteiger partial charge < -0.3 is 14.8 Å². The van der Waals surface area contributed by atoms with Crippen molar-refractivity contribution in [2.45, 2.75) is 32.4 Å². The van der Waals surface area contributed by atoms with Crippen LogP contribution < -0.4 is 10.1 Å². The zero-order chi connectivity index (χ0) is 12.7. The third-order valence-electron chi connectivity index (χ3n) is 2.97. The summed E-state index contributed by atoms with van der Waals surface area (Å²) < 4.78 is 11.0. The Kier molecular flexibility index (Phi) is 6.01. The fourth-order valence-electron chi connectivity index (χ4n) is 1.58. The summed E-state index contributed by atoms with van der Waals surface area (Å²) in [4.78, 5) is 0. The molecule has 0 spiro atoms. The predicted octanol–water partition coefficient (Wildman–Crippen LogP) is 2.77. The summed E-state index contributed by atoms with van der Waals surface area (Å²) in [5.41, 5.74) is 1.19. The van der Waals surface area contributed by atoms with Gasteiger partial charge in [0.1, 0.15) is 5.75 Å². The minimum absolute atomic E-state index is 0.207. The second-order valence-corrected chi connectivity index (χ2v) is 4.17. The fraction of sp³-hybridized carbons (Fsp3) is 0.571. The van der Waals surface area contributed by atoms with E-state index < -0.39 is 0 Å². The van der Waals surface area contributed by atoms with Gasteiger partial charge in [0.25, 0.3) is 0 Å². The van der Waals surface area contributed by atoms with Crippen LogP contribution in [0.25, 0.3) is 0 Å². The van der Waals surface area contributed by atoms with E-state index in [9.17, 15) is 0 Å². The zero-order valence-electron chi connectivity index (χ0n) is 11.2. The molecule has 0 fully saturated rings. The first-order chi connectivity index (χ1) is 8.21. The Labute approximate surface area is 104 Å². The molecule has 17 heavy (non-hydrogen) atoms. The van der Waals surface area contributed by atoms with Gasteiger partial charge in [-0.05, 0) is 38.1 Å². The molecule has 0 radical (unpaired) electrons. The van der Waals surface area contributed by atoms with Crippen molar-refractivity contribution in [3.8, 4) is 5.75 Å². The van der Waals surface area contributed by atoms with Crippen molar-refractivity contribution in [2.75, 3.05) is 20.8 Å². The van der Waals surface area contributed by atoms with E-state index in [0.717, 1.165) is 12.2 Å². The lowest BCUT2D eigenvalue weighted by Crippen LogP contribution is -2.24. The second-order valence-electron chi connectivity index (χ2n) is 4.17. The van der Waals surface area contributed by atoms with Crippen LogP contribution in [-0.4, -0.2) is 26.9 Å². The summed E-state index contributed by atoms with van der Waals surface area (Å²) >= 11 is 0. The molecule has 0 aliphatic carbocycles. The van der Waals surface area contributed by atoms with Crippen LogP contribution in [0.5, 0.6) is 5.75 Å². The SMILES string of the molecule is CCC(C)OCC(NC)c1cccc(OC)c1.